The highest BCUT2D eigenvalue weighted by molar-refractivity contribution is 7.71. The first kappa shape index (κ1) is 11.7. The van der Waals surface area contributed by atoms with Gasteiger partial charge in [0.05, 0.1) is 0 Å². The summed E-state index contributed by atoms with van der Waals surface area (Å²) in [5.41, 5.74) is 2.62. The molecule has 4 heteroatoms. The molecule has 2 rings (SSSR count). The molecule has 0 aliphatic heterocycles. The summed E-state index contributed by atoms with van der Waals surface area (Å²) >= 11 is 5.36. The quantitative estimate of drug-likeness (QED) is 0.817. The lowest BCUT2D eigenvalue weighted by Gasteiger charge is -2.17. The van der Waals surface area contributed by atoms with Crippen LogP contribution in [-0.4, -0.2) is 35.5 Å². The average Bonchev–Trinajstić information content (AvgIpc) is 2.26. The number of aromatic nitrogens is 2. The van der Waals surface area contributed by atoms with Crippen molar-refractivity contribution in [1.82, 2.24) is 14.9 Å². The molecule has 0 saturated carbocycles. The molecule has 1 heterocycles. The second kappa shape index (κ2) is 5.06. The topological polar surface area (TPSA) is 31.9 Å². The molecule has 0 aromatic carbocycles. The van der Waals surface area contributed by atoms with Crippen LogP contribution in [0, 0.1) is 4.64 Å². The van der Waals surface area contributed by atoms with Crippen molar-refractivity contribution in [2.24, 2.45) is 0 Å². The number of rotatable bonds is 3. The van der Waals surface area contributed by atoms with E-state index in [1.54, 1.807) is 0 Å². The van der Waals surface area contributed by atoms with Crippen molar-refractivity contribution in [3.63, 3.8) is 0 Å². The third-order valence-corrected chi connectivity index (χ3v) is 3.39. The summed E-state index contributed by atoms with van der Waals surface area (Å²) < 4.78 is 0.821. The Kier molecular flexibility index (Phi) is 3.71. The maximum Gasteiger partial charge on any atom is 0.133 e. The van der Waals surface area contributed by atoms with Gasteiger partial charge in [-0.05, 0) is 39.8 Å². The molecule has 1 aliphatic rings. The van der Waals surface area contributed by atoms with Gasteiger partial charge in [-0.15, -0.1) is 0 Å². The normalized spacial score (nSPS) is 15.2. The molecule has 1 aromatic rings. The number of H-pyrrole nitrogens is 1. The lowest BCUT2D eigenvalue weighted by molar-refractivity contribution is 0.409. The first-order chi connectivity index (χ1) is 7.66. The summed E-state index contributed by atoms with van der Waals surface area (Å²) in [5.74, 6) is 1.04. The van der Waals surface area contributed by atoms with Gasteiger partial charge in [-0.1, -0.05) is 12.2 Å². The van der Waals surface area contributed by atoms with E-state index >= 15 is 0 Å². The van der Waals surface area contributed by atoms with Crippen molar-refractivity contribution in [1.29, 1.82) is 0 Å². The molecule has 0 amide bonds. The monoisotopic (exact) mass is 237 g/mol. The Hall–Kier alpha value is -0.740. The standard InChI is InChI=1S/C12H19N3S/c1-15(2)8-7-11-13-10-6-4-3-5-9(10)12(16)14-11/h3-8H2,1-2H3,(H,13,14,16). The third-order valence-electron chi connectivity index (χ3n) is 3.05. The Morgan fingerprint density at radius 2 is 2.06 bits per heavy atom. The minimum Gasteiger partial charge on any atom is -0.347 e. The van der Waals surface area contributed by atoms with E-state index in [4.69, 9.17) is 12.2 Å². The Bertz CT molecular complexity index is 423. The van der Waals surface area contributed by atoms with Crippen LogP contribution >= 0.6 is 12.2 Å². The first-order valence-electron chi connectivity index (χ1n) is 5.92. The van der Waals surface area contributed by atoms with E-state index in [-0.39, 0.29) is 0 Å². The third kappa shape index (κ3) is 2.68. The number of aromatic amines is 1. The molecular weight excluding hydrogens is 218 g/mol. The molecule has 88 valence electrons. The van der Waals surface area contributed by atoms with Crippen molar-refractivity contribution in [3.05, 3.63) is 21.7 Å². The van der Waals surface area contributed by atoms with E-state index < -0.39 is 0 Å². The summed E-state index contributed by atoms with van der Waals surface area (Å²) in [5, 5.41) is 0. The molecule has 1 N–H and O–H groups in total. The molecular formula is C12H19N3S. The molecule has 1 aliphatic carbocycles. The first-order valence-corrected chi connectivity index (χ1v) is 6.33. The molecule has 3 nitrogen and oxygen atoms in total. The van der Waals surface area contributed by atoms with Gasteiger partial charge in [-0.25, -0.2) is 4.98 Å². The van der Waals surface area contributed by atoms with Crippen LogP contribution in [0.1, 0.15) is 29.9 Å². The molecule has 0 atom stereocenters. The van der Waals surface area contributed by atoms with Crippen molar-refractivity contribution in [2.75, 3.05) is 20.6 Å². The van der Waals surface area contributed by atoms with Crippen molar-refractivity contribution < 1.29 is 0 Å². The maximum absolute atomic E-state index is 5.36. The number of likely N-dealkylation sites (N-methyl/N-ethyl adjacent to an activating group) is 1. The average molecular weight is 237 g/mol. The molecule has 0 bridgehead atoms. The van der Waals surface area contributed by atoms with Gasteiger partial charge in [-0.3, -0.25) is 0 Å². The fraction of sp³-hybridized carbons (Fsp3) is 0.667. The number of fused-ring (bicyclic) bond motifs is 1. The lowest BCUT2D eigenvalue weighted by atomic mass is 9.97. The molecule has 0 unspecified atom stereocenters. The molecule has 0 radical (unpaired) electrons. The summed E-state index contributed by atoms with van der Waals surface area (Å²) in [7, 11) is 4.15. The molecule has 16 heavy (non-hydrogen) atoms. The van der Waals surface area contributed by atoms with E-state index in [2.05, 4.69) is 29.0 Å². The van der Waals surface area contributed by atoms with Crippen LogP contribution in [0.25, 0.3) is 0 Å². The molecule has 0 fully saturated rings. The number of aryl methyl sites for hydroxylation is 1. The number of nitrogens with one attached hydrogen (secondary N) is 1. The van der Waals surface area contributed by atoms with E-state index in [0.717, 1.165) is 36.3 Å². The minimum atomic E-state index is 0.821. The summed E-state index contributed by atoms with van der Waals surface area (Å²) in [6.07, 6.45) is 5.71. The zero-order valence-corrected chi connectivity index (χ0v) is 10.9. The van der Waals surface area contributed by atoms with Crippen LogP contribution in [0.3, 0.4) is 0 Å². The van der Waals surface area contributed by atoms with Gasteiger partial charge in [0.2, 0.25) is 0 Å². The molecule has 0 saturated heterocycles. The zero-order valence-electron chi connectivity index (χ0n) is 10.0. The largest absolute Gasteiger partial charge is 0.347 e. The van der Waals surface area contributed by atoms with Crippen LogP contribution < -0.4 is 0 Å². The summed E-state index contributed by atoms with van der Waals surface area (Å²) in [6.45, 7) is 1.01. The number of hydrogen-bond acceptors (Lipinski definition) is 3. The Balaban J connectivity index is 2.22. The molecule has 1 aromatic heterocycles. The Labute approximate surface area is 102 Å². The molecule has 0 spiro atoms. The van der Waals surface area contributed by atoms with Gasteiger partial charge in [0.1, 0.15) is 10.5 Å². The highest BCUT2D eigenvalue weighted by Crippen LogP contribution is 2.19. The predicted molar refractivity (Wildman–Crippen MR) is 68.3 cm³/mol. The summed E-state index contributed by atoms with van der Waals surface area (Å²) in [4.78, 5) is 10.1. The summed E-state index contributed by atoms with van der Waals surface area (Å²) in [6, 6.07) is 0. The van der Waals surface area contributed by atoms with Crippen molar-refractivity contribution >= 4 is 12.2 Å². The van der Waals surface area contributed by atoms with Crippen LogP contribution in [0.2, 0.25) is 0 Å². The van der Waals surface area contributed by atoms with Crippen LogP contribution in [0.15, 0.2) is 0 Å². The van der Waals surface area contributed by atoms with E-state index in [9.17, 15) is 0 Å². The SMILES string of the molecule is CN(C)CCc1nc(=S)c2c([nH]1)CCCC2. The van der Waals surface area contributed by atoms with E-state index in [1.165, 1.54) is 24.1 Å². The maximum atomic E-state index is 5.36. The van der Waals surface area contributed by atoms with Gasteiger partial charge in [0.15, 0.2) is 0 Å². The van der Waals surface area contributed by atoms with E-state index in [1.807, 2.05) is 0 Å². The zero-order chi connectivity index (χ0) is 11.5. The fourth-order valence-electron chi connectivity index (χ4n) is 2.12. The van der Waals surface area contributed by atoms with Gasteiger partial charge >= 0.3 is 0 Å². The van der Waals surface area contributed by atoms with Gasteiger partial charge in [-0.2, -0.15) is 0 Å². The Morgan fingerprint density at radius 3 is 2.81 bits per heavy atom. The fourth-order valence-corrected chi connectivity index (χ4v) is 2.45. The van der Waals surface area contributed by atoms with Crippen LogP contribution in [-0.2, 0) is 19.3 Å². The van der Waals surface area contributed by atoms with Crippen LogP contribution in [0.4, 0.5) is 0 Å². The van der Waals surface area contributed by atoms with Gasteiger partial charge < -0.3 is 9.88 Å². The second-order valence-corrected chi connectivity index (χ2v) is 5.09. The van der Waals surface area contributed by atoms with Crippen LogP contribution in [0.5, 0.6) is 0 Å². The van der Waals surface area contributed by atoms with E-state index in [0.29, 0.717) is 0 Å². The minimum absolute atomic E-state index is 0.821. The second-order valence-electron chi connectivity index (χ2n) is 4.71. The number of nitrogens with zero attached hydrogens (tertiary/aromatic N) is 2. The Morgan fingerprint density at radius 1 is 1.31 bits per heavy atom. The van der Waals surface area contributed by atoms with Gasteiger partial charge in [0.25, 0.3) is 0 Å². The number of hydrogen-bond donors (Lipinski definition) is 1. The van der Waals surface area contributed by atoms with Crippen molar-refractivity contribution in [3.8, 4) is 0 Å². The lowest BCUT2D eigenvalue weighted by Crippen LogP contribution is -2.18. The van der Waals surface area contributed by atoms with Gasteiger partial charge in [0, 0.05) is 24.2 Å². The smallest absolute Gasteiger partial charge is 0.133 e. The van der Waals surface area contributed by atoms with Crippen molar-refractivity contribution in [2.45, 2.75) is 32.1 Å². The highest BCUT2D eigenvalue weighted by atomic mass is 32.1. The highest BCUT2D eigenvalue weighted by Gasteiger charge is 2.12. The predicted octanol–water partition coefficient (Wildman–Crippen LogP) is 2.12.